The predicted molar refractivity (Wildman–Crippen MR) is 118 cm³/mol. The van der Waals surface area contributed by atoms with Gasteiger partial charge in [-0.2, -0.15) is 0 Å². The monoisotopic (exact) mass is 441 g/mol. The molecule has 0 fully saturated rings. The second kappa shape index (κ2) is 8.04. The van der Waals surface area contributed by atoms with Gasteiger partial charge in [0.15, 0.2) is 22.8 Å². The number of aromatic amines is 1. The van der Waals surface area contributed by atoms with Crippen LogP contribution in [0, 0.1) is 18.6 Å². The molecule has 4 aromatic rings. The Bertz CT molecular complexity index is 1340. The summed E-state index contributed by atoms with van der Waals surface area (Å²) in [5, 5.41) is 0.781. The van der Waals surface area contributed by atoms with Crippen molar-refractivity contribution in [2.45, 2.75) is 6.92 Å². The van der Waals surface area contributed by atoms with E-state index in [9.17, 15) is 13.6 Å². The van der Waals surface area contributed by atoms with Crippen molar-refractivity contribution in [2.24, 2.45) is 0 Å². The first-order valence-corrected chi connectivity index (χ1v) is 9.75. The Morgan fingerprint density at radius 3 is 2.06 bits per heavy atom. The summed E-state index contributed by atoms with van der Waals surface area (Å²) < 4.78 is 38.0. The molecular weight excluding hydrogens is 424 g/mol. The third-order valence-electron chi connectivity index (χ3n) is 5.17. The first kappa shape index (κ1) is 20.9. The van der Waals surface area contributed by atoms with Gasteiger partial charge in [0.2, 0.25) is 0 Å². The van der Waals surface area contributed by atoms with Crippen molar-refractivity contribution in [1.82, 2.24) is 4.98 Å². The van der Waals surface area contributed by atoms with Crippen LogP contribution in [-0.4, -0.2) is 19.2 Å². The third kappa shape index (κ3) is 3.64. The summed E-state index contributed by atoms with van der Waals surface area (Å²) in [4.78, 5) is 16.4. The van der Waals surface area contributed by atoms with E-state index in [4.69, 9.17) is 21.1 Å². The van der Waals surface area contributed by atoms with E-state index in [2.05, 4.69) is 4.98 Å². The molecule has 4 nitrogen and oxygen atoms in total. The molecule has 0 bridgehead atoms. The van der Waals surface area contributed by atoms with Crippen LogP contribution in [0.1, 0.15) is 5.69 Å². The highest BCUT2D eigenvalue weighted by Crippen LogP contribution is 2.32. The smallest absolute Gasteiger partial charge is 0.197 e. The van der Waals surface area contributed by atoms with E-state index in [0.29, 0.717) is 49.6 Å². The Balaban J connectivity index is 1.80. The molecule has 0 amide bonds. The van der Waals surface area contributed by atoms with E-state index in [-0.39, 0.29) is 5.43 Å². The maximum Gasteiger partial charge on any atom is 0.197 e. The molecule has 4 rings (SSSR count). The van der Waals surface area contributed by atoms with Crippen LogP contribution in [0.3, 0.4) is 0 Å². The van der Waals surface area contributed by atoms with E-state index >= 15 is 0 Å². The molecule has 0 unspecified atom stereocenters. The summed E-state index contributed by atoms with van der Waals surface area (Å²) in [5.41, 5.74) is 3.25. The molecule has 31 heavy (non-hydrogen) atoms. The van der Waals surface area contributed by atoms with E-state index in [1.54, 1.807) is 43.3 Å². The summed E-state index contributed by atoms with van der Waals surface area (Å²) in [5.74, 6) is -1.51. The average Bonchev–Trinajstić information content (AvgIpc) is 2.74. The van der Waals surface area contributed by atoms with Gasteiger partial charge in [-0.3, -0.25) is 4.79 Å². The van der Waals surface area contributed by atoms with Crippen LogP contribution in [0.4, 0.5) is 8.78 Å². The predicted octanol–water partition coefficient (Wildman–Crippen LogP) is 6.12. The molecule has 158 valence electrons. The van der Waals surface area contributed by atoms with Crippen molar-refractivity contribution in [1.29, 1.82) is 0 Å². The van der Waals surface area contributed by atoms with Gasteiger partial charge in [-0.1, -0.05) is 35.9 Å². The Kier molecular flexibility index (Phi) is 5.41. The average molecular weight is 442 g/mol. The number of methoxy groups -OCH3 is 2. The van der Waals surface area contributed by atoms with Gasteiger partial charge in [0.1, 0.15) is 5.75 Å². The van der Waals surface area contributed by atoms with E-state index < -0.39 is 17.4 Å². The molecule has 1 N–H and O–H groups in total. The molecule has 0 atom stereocenters. The lowest BCUT2D eigenvalue weighted by Crippen LogP contribution is -2.10. The summed E-state index contributed by atoms with van der Waals surface area (Å²) in [6.45, 7) is 1.80. The quantitative estimate of drug-likeness (QED) is 0.415. The fourth-order valence-corrected chi connectivity index (χ4v) is 3.91. The van der Waals surface area contributed by atoms with Crippen molar-refractivity contribution < 1.29 is 18.3 Å². The van der Waals surface area contributed by atoms with E-state index in [1.807, 2.05) is 0 Å². The van der Waals surface area contributed by atoms with Crippen molar-refractivity contribution >= 4 is 22.5 Å². The third-order valence-corrected chi connectivity index (χ3v) is 5.47. The summed E-state index contributed by atoms with van der Waals surface area (Å²) in [6, 6.07) is 12.6. The van der Waals surface area contributed by atoms with E-state index in [0.717, 1.165) is 0 Å². The Morgan fingerprint density at radius 1 is 0.871 bits per heavy atom. The Labute approximate surface area is 182 Å². The lowest BCUT2D eigenvalue weighted by molar-refractivity contribution is 0.360. The zero-order chi connectivity index (χ0) is 22.3. The second-order valence-electron chi connectivity index (χ2n) is 7.04. The standard InChI is InChI=1S/C24H18ClF2NO3/c1-12-22(23(29)16-10-17(25)21(30-2)11-20(16)28-12)14-6-4-13(5-7-14)15-8-18(26)24(31-3)19(27)9-15/h4-11H,1-3H3,(H,28,29). The van der Waals surface area contributed by atoms with E-state index in [1.165, 1.54) is 26.4 Å². The molecule has 1 heterocycles. The maximum absolute atomic E-state index is 14.1. The molecule has 3 aromatic carbocycles. The first-order chi connectivity index (χ1) is 14.8. The van der Waals surface area contributed by atoms with Crippen LogP contribution in [0.5, 0.6) is 11.5 Å². The summed E-state index contributed by atoms with van der Waals surface area (Å²) in [7, 11) is 2.72. The highest BCUT2D eigenvalue weighted by Gasteiger charge is 2.16. The van der Waals surface area contributed by atoms with Gasteiger partial charge in [0.05, 0.1) is 24.8 Å². The van der Waals surface area contributed by atoms with Gasteiger partial charge in [0.25, 0.3) is 0 Å². The van der Waals surface area contributed by atoms with Crippen molar-refractivity contribution in [3.63, 3.8) is 0 Å². The Morgan fingerprint density at radius 2 is 1.48 bits per heavy atom. The number of ether oxygens (including phenoxy) is 2. The van der Waals surface area contributed by atoms with Gasteiger partial charge in [-0.25, -0.2) is 8.78 Å². The molecule has 0 radical (unpaired) electrons. The number of fused-ring (bicyclic) bond motifs is 1. The van der Waals surface area contributed by atoms with Crippen molar-refractivity contribution in [2.75, 3.05) is 14.2 Å². The number of benzene rings is 3. The minimum absolute atomic E-state index is 0.176. The number of rotatable bonds is 4. The molecule has 0 aliphatic rings. The fraction of sp³-hybridized carbons (Fsp3) is 0.125. The van der Waals surface area contributed by atoms with Gasteiger partial charge >= 0.3 is 0 Å². The van der Waals surface area contributed by atoms with Gasteiger partial charge in [-0.05, 0) is 41.8 Å². The topological polar surface area (TPSA) is 51.3 Å². The first-order valence-electron chi connectivity index (χ1n) is 9.38. The van der Waals surface area contributed by atoms with Gasteiger partial charge < -0.3 is 14.5 Å². The molecule has 0 spiro atoms. The zero-order valence-electron chi connectivity index (χ0n) is 17.0. The van der Waals surface area contributed by atoms with Crippen LogP contribution < -0.4 is 14.9 Å². The van der Waals surface area contributed by atoms with Crippen molar-refractivity contribution in [3.8, 4) is 33.8 Å². The molecule has 0 saturated heterocycles. The Hall–Kier alpha value is -3.38. The van der Waals surface area contributed by atoms with Crippen LogP contribution in [-0.2, 0) is 0 Å². The second-order valence-corrected chi connectivity index (χ2v) is 7.44. The molecular formula is C24H18ClF2NO3. The normalized spacial score (nSPS) is 11.0. The van der Waals surface area contributed by atoms with Gasteiger partial charge in [0, 0.05) is 22.7 Å². The van der Waals surface area contributed by atoms with Crippen molar-refractivity contribution in [3.05, 3.63) is 81.1 Å². The number of aryl methyl sites for hydroxylation is 1. The number of nitrogens with one attached hydrogen (secondary N) is 1. The number of aromatic nitrogens is 1. The molecule has 0 aliphatic carbocycles. The number of hydrogen-bond donors (Lipinski definition) is 1. The summed E-state index contributed by atoms with van der Waals surface area (Å²) in [6.07, 6.45) is 0. The zero-order valence-corrected chi connectivity index (χ0v) is 17.7. The minimum atomic E-state index is -0.782. The highest BCUT2D eigenvalue weighted by molar-refractivity contribution is 6.32. The molecule has 0 saturated carbocycles. The van der Waals surface area contributed by atoms with Crippen LogP contribution >= 0.6 is 11.6 Å². The number of hydrogen-bond acceptors (Lipinski definition) is 3. The van der Waals surface area contributed by atoms with Crippen LogP contribution in [0.25, 0.3) is 33.2 Å². The minimum Gasteiger partial charge on any atom is -0.495 e. The highest BCUT2D eigenvalue weighted by atomic mass is 35.5. The lowest BCUT2D eigenvalue weighted by atomic mass is 9.97. The largest absolute Gasteiger partial charge is 0.495 e. The lowest BCUT2D eigenvalue weighted by Gasteiger charge is -2.12. The summed E-state index contributed by atoms with van der Waals surface area (Å²) >= 11 is 6.20. The number of pyridine rings is 1. The number of H-pyrrole nitrogens is 1. The molecule has 7 heteroatoms. The molecule has 0 aliphatic heterocycles. The van der Waals surface area contributed by atoms with Gasteiger partial charge in [-0.15, -0.1) is 0 Å². The van der Waals surface area contributed by atoms with Crippen LogP contribution in [0.2, 0.25) is 5.02 Å². The molecule has 1 aromatic heterocycles. The maximum atomic E-state index is 14.1. The SMILES string of the molecule is COc1cc2[nH]c(C)c(-c3ccc(-c4cc(F)c(OC)c(F)c4)cc3)c(=O)c2cc1Cl. The number of halogens is 3. The fourth-order valence-electron chi connectivity index (χ4n) is 3.67. The van der Waals surface area contributed by atoms with Crippen LogP contribution in [0.15, 0.2) is 53.3 Å².